The molecule has 5 N–H and O–H groups in total. The van der Waals surface area contributed by atoms with Gasteiger partial charge in [-0.3, -0.25) is 22.6 Å². The molecule has 2 aromatic heterocycles. The van der Waals surface area contributed by atoms with E-state index in [0.29, 0.717) is 59.9 Å². The topological polar surface area (TPSA) is 447 Å². The number of thioether (sulfide) groups is 2. The molecule has 0 bridgehead atoms. The number of azo groups is 4. The number of benzene rings is 5. The van der Waals surface area contributed by atoms with E-state index >= 15 is 0 Å². The smallest absolute Gasteiger partial charge is 0.425 e. The molecule has 0 saturated heterocycles. The van der Waals surface area contributed by atoms with Crippen LogP contribution in [0.4, 0.5) is 45.5 Å². The lowest BCUT2D eigenvalue weighted by Crippen LogP contribution is -2.08. The first kappa shape index (κ1) is 68.7. The van der Waals surface area contributed by atoms with Gasteiger partial charge in [0.15, 0.2) is 11.3 Å². The zero-order valence-electron chi connectivity index (χ0n) is 46.0. The van der Waals surface area contributed by atoms with Gasteiger partial charge >= 0.3 is 10.6 Å². The van der Waals surface area contributed by atoms with Crippen molar-refractivity contribution in [3.05, 3.63) is 106 Å². The highest BCUT2D eigenvalue weighted by Gasteiger charge is 2.25. The highest BCUT2D eigenvalue weighted by atomic mass is 35.5. The van der Waals surface area contributed by atoms with E-state index in [9.17, 15) is 62.3 Å². The number of nitriles is 1. The molecule has 0 spiro atoms. The van der Waals surface area contributed by atoms with Crippen LogP contribution < -0.4 is 9.47 Å². The van der Waals surface area contributed by atoms with Crippen LogP contribution in [0.2, 0.25) is 5.02 Å². The molecular formula is C50H50ClN11O18S7. The summed E-state index contributed by atoms with van der Waals surface area (Å²) in [6.45, 7) is 6.38. The van der Waals surface area contributed by atoms with Crippen molar-refractivity contribution in [3.8, 4) is 23.4 Å². The number of halogens is 1. The minimum absolute atomic E-state index is 0.0203. The summed E-state index contributed by atoms with van der Waals surface area (Å²) in [5.74, 6) is -2.06. The lowest BCUT2D eigenvalue weighted by molar-refractivity contribution is 0.317. The van der Waals surface area contributed by atoms with Crippen molar-refractivity contribution in [1.29, 1.82) is 5.26 Å². The number of aromatic nitrogens is 2. The number of aromatic hydroxyl groups is 1. The number of hydrogen-bond donors (Lipinski definition) is 5. The van der Waals surface area contributed by atoms with Crippen LogP contribution in [0.25, 0.3) is 16.7 Å². The largest absolute Gasteiger partial charge is 0.495 e. The Morgan fingerprint density at radius 1 is 0.632 bits per heavy atom. The summed E-state index contributed by atoms with van der Waals surface area (Å²) in [6, 6.07) is 20.7. The van der Waals surface area contributed by atoms with Crippen LogP contribution in [0.15, 0.2) is 128 Å². The molecule has 0 aliphatic heterocycles. The number of methoxy groups -OCH3 is 1. The van der Waals surface area contributed by atoms with Crippen LogP contribution in [-0.2, 0) is 51.1 Å². The summed E-state index contributed by atoms with van der Waals surface area (Å²) in [5, 5.41) is 58.1. The Kier molecular flexibility index (Phi) is 23.3. The number of hydrogen-bond acceptors (Lipinski definition) is 26. The molecule has 0 unspecified atom stereocenters. The molecule has 0 atom stereocenters. The first-order valence-corrected chi connectivity index (χ1v) is 34.4. The fourth-order valence-electron chi connectivity index (χ4n) is 7.77. The van der Waals surface area contributed by atoms with E-state index in [2.05, 4.69) is 45.9 Å². The number of aryl methyl sites for hydroxylation is 3. The average molecular weight is 1350 g/mol. The third-order valence-corrected chi connectivity index (χ3v) is 17.6. The number of fused-ring (bicyclic) bond motifs is 3. The summed E-state index contributed by atoms with van der Waals surface area (Å²) in [5.41, 5.74) is 3.71. The predicted octanol–water partition coefficient (Wildman–Crippen LogP) is 12.3. The molecule has 7 aromatic rings. The van der Waals surface area contributed by atoms with Crippen LogP contribution in [0, 0.1) is 39.0 Å². The maximum atomic E-state index is 12.2. The second kappa shape index (κ2) is 29.5. The van der Waals surface area contributed by atoms with Crippen molar-refractivity contribution in [2.45, 2.75) is 61.6 Å². The molecule has 0 fully saturated rings. The van der Waals surface area contributed by atoms with E-state index in [1.54, 1.807) is 69.3 Å². The SMILES string of the molecule is COc1cc2c(cc1S(=O)(=O)O)nc1c(C#N)c(C)c(N=Nc3cc(C)c(N=Nc4cc(C)c(N=Nc5cc(C)c(N=Nc6cccc(Cl)c6)cc5SCCCS(=O)(=O)O)cc4SCCCS(=O)(=O)O)cc3OCCCS(=O)(=O)O)c(O)n12.O=S(=O)=O. The minimum Gasteiger partial charge on any atom is -0.495 e. The molecule has 5 aromatic carbocycles. The molecule has 29 nitrogen and oxygen atoms in total. The van der Waals surface area contributed by atoms with Crippen molar-refractivity contribution < 1.29 is 79.1 Å². The van der Waals surface area contributed by atoms with E-state index in [0.717, 1.165) is 17.6 Å². The van der Waals surface area contributed by atoms with Gasteiger partial charge in [-0.25, -0.2) is 4.98 Å². The third-order valence-electron chi connectivity index (χ3n) is 11.8. The van der Waals surface area contributed by atoms with Crippen LogP contribution >= 0.6 is 35.1 Å². The first-order chi connectivity index (χ1) is 40.7. The summed E-state index contributed by atoms with van der Waals surface area (Å²) >= 11 is 8.59. The van der Waals surface area contributed by atoms with Crippen LogP contribution in [0.3, 0.4) is 0 Å². The van der Waals surface area contributed by atoms with E-state index in [1.165, 1.54) is 48.6 Å². The summed E-state index contributed by atoms with van der Waals surface area (Å²) in [6.07, 6.45) is -0.00447. The second-order valence-corrected chi connectivity index (χ2v) is 27.5. The first-order valence-electron chi connectivity index (χ1n) is 24.8. The number of imidazole rings is 1. The van der Waals surface area contributed by atoms with E-state index in [-0.39, 0.29) is 93.7 Å². The van der Waals surface area contributed by atoms with Gasteiger partial charge in [0.2, 0.25) is 5.88 Å². The van der Waals surface area contributed by atoms with Gasteiger partial charge in [0.05, 0.1) is 76.1 Å². The Bertz CT molecular complexity index is 4580. The molecule has 0 aliphatic carbocycles. The van der Waals surface area contributed by atoms with Gasteiger partial charge in [0.25, 0.3) is 40.5 Å². The Hall–Kier alpha value is -7.41. The van der Waals surface area contributed by atoms with Crippen LogP contribution in [0.5, 0.6) is 17.4 Å². The van der Waals surface area contributed by atoms with Crippen molar-refractivity contribution in [3.63, 3.8) is 0 Å². The zero-order chi connectivity index (χ0) is 64.2. The monoisotopic (exact) mass is 1350 g/mol. The van der Waals surface area contributed by atoms with Gasteiger partial charge in [-0.05, 0) is 130 Å². The molecule has 2 heterocycles. The third kappa shape index (κ3) is 19.8. The number of rotatable bonds is 25. The standard InChI is InChI=1S/C50H50ClN11O15S6.O3S/c1-28-18-39(58-61-48-31(4)34(27-52)49-53-38-25-47(83(73,74)75)44(76-5)26-42(38)62(49)50(48)63)43(77-12-7-15-80(64,65)66)22-35(28)56-59-40-20-30(3)37(24-46(40)79-14-9-17-82(70,71)72)57-60-41-19-29(2)36(55-54-33-11-6-10-32(51)21-33)23-45(41)78-13-8-16-81(67,68)69;1-4(2)3/h6,10-11,18-26,63H,7-9,12-17H2,1-5H3,(H,64,65,66)(H,67,68,69)(H,70,71,72)(H,73,74,75);. The predicted molar refractivity (Wildman–Crippen MR) is 322 cm³/mol. The Morgan fingerprint density at radius 3 is 1.61 bits per heavy atom. The fourth-order valence-corrected chi connectivity index (χ4v) is 12.4. The Labute approximate surface area is 512 Å². The van der Waals surface area contributed by atoms with Gasteiger partial charge in [-0.2, -0.15) is 59.4 Å². The molecular weight excluding hydrogens is 1300 g/mol. The molecule has 7 rings (SSSR count). The highest BCUT2D eigenvalue weighted by Crippen LogP contribution is 2.44. The van der Waals surface area contributed by atoms with Gasteiger partial charge in [-0.1, -0.05) is 17.7 Å². The number of ether oxygens (including phenoxy) is 2. The van der Waals surface area contributed by atoms with Gasteiger partial charge in [-0.15, -0.1) is 56.6 Å². The van der Waals surface area contributed by atoms with Gasteiger partial charge in [0, 0.05) is 32.5 Å². The lowest BCUT2D eigenvalue weighted by Gasteiger charge is -2.12. The maximum absolute atomic E-state index is 12.2. The Balaban J connectivity index is 0.00000293. The Morgan fingerprint density at radius 2 is 1.11 bits per heavy atom. The van der Waals surface area contributed by atoms with Crippen molar-refractivity contribution in [2.75, 3.05) is 42.5 Å². The lowest BCUT2D eigenvalue weighted by atomic mass is 10.1. The highest BCUT2D eigenvalue weighted by molar-refractivity contribution is 7.99. The summed E-state index contributed by atoms with van der Waals surface area (Å²) in [7, 11) is -19.6. The minimum atomic E-state index is -4.80. The number of nitrogens with zero attached hydrogens (tertiary/aromatic N) is 11. The molecule has 0 radical (unpaired) electrons. The molecule has 462 valence electrons. The molecule has 87 heavy (non-hydrogen) atoms. The van der Waals surface area contributed by atoms with E-state index in [1.807, 2.05) is 6.07 Å². The second-order valence-electron chi connectivity index (χ2n) is 18.3. The van der Waals surface area contributed by atoms with Crippen molar-refractivity contribution in [2.24, 2.45) is 40.9 Å². The van der Waals surface area contributed by atoms with E-state index in [4.69, 9.17) is 33.7 Å². The summed E-state index contributed by atoms with van der Waals surface area (Å²) < 4.78 is 169. The molecule has 0 amide bonds. The van der Waals surface area contributed by atoms with Crippen molar-refractivity contribution in [1.82, 2.24) is 9.38 Å². The molecule has 0 saturated carbocycles. The fraction of sp³-hybridized carbons (Fsp3) is 0.280. The van der Waals surface area contributed by atoms with E-state index < -0.39 is 79.1 Å². The maximum Gasteiger partial charge on any atom is 0.425 e. The van der Waals surface area contributed by atoms with Crippen molar-refractivity contribution >= 4 is 148 Å². The average Bonchev–Trinajstić information content (AvgIpc) is 1.63. The van der Waals surface area contributed by atoms with Crippen LogP contribution in [0.1, 0.15) is 47.1 Å². The number of pyridine rings is 1. The summed E-state index contributed by atoms with van der Waals surface area (Å²) in [4.78, 5) is 4.78. The quantitative estimate of drug-likeness (QED) is 0.0154. The van der Waals surface area contributed by atoms with Crippen LogP contribution in [-0.4, -0.2) is 121 Å². The zero-order valence-corrected chi connectivity index (χ0v) is 52.5. The van der Waals surface area contributed by atoms with Gasteiger partial charge in [0.1, 0.15) is 33.7 Å². The molecule has 0 aliphatic rings. The van der Waals surface area contributed by atoms with Gasteiger partial charge < -0.3 is 14.6 Å². The normalized spacial score (nSPS) is 12.4. The molecule has 37 heteroatoms.